The van der Waals surface area contributed by atoms with E-state index in [4.69, 9.17) is 32.7 Å². The van der Waals surface area contributed by atoms with Crippen molar-refractivity contribution in [3.8, 4) is 16.9 Å². The number of benzene rings is 2. The van der Waals surface area contributed by atoms with Gasteiger partial charge in [-0.2, -0.15) is 10.1 Å². The first kappa shape index (κ1) is 27.4. The van der Waals surface area contributed by atoms with Crippen molar-refractivity contribution < 1.29 is 23.0 Å². The van der Waals surface area contributed by atoms with Crippen molar-refractivity contribution in [3.63, 3.8) is 0 Å². The first-order chi connectivity index (χ1) is 19.9. The third kappa shape index (κ3) is 3.92. The van der Waals surface area contributed by atoms with Crippen LogP contribution < -0.4 is 9.64 Å². The average Bonchev–Trinajstić information content (AvgIpc) is 3.40. The Hall–Kier alpha value is -3.44. The van der Waals surface area contributed by atoms with Gasteiger partial charge in [0.05, 0.1) is 40.2 Å². The molecule has 4 atom stereocenters. The molecular weight excluding hydrogens is 589 g/mol. The molecule has 220 valence electrons. The van der Waals surface area contributed by atoms with Crippen LogP contribution in [0.5, 0.6) is 5.75 Å². The van der Waals surface area contributed by atoms with Crippen molar-refractivity contribution >= 4 is 56.9 Å². The Morgan fingerprint density at radius 2 is 1.90 bits per heavy atom. The molecule has 3 aliphatic heterocycles. The van der Waals surface area contributed by atoms with Gasteiger partial charge in [0.25, 0.3) is 0 Å². The normalized spacial score (nSPS) is 23.3. The summed E-state index contributed by atoms with van der Waals surface area (Å²) in [6, 6.07) is 2.02. The number of piperazine rings is 1. The van der Waals surface area contributed by atoms with Crippen LogP contribution >= 0.6 is 23.2 Å². The fourth-order valence-electron chi connectivity index (χ4n) is 6.88. The Morgan fingerprint density at radius 3 is 2.64 bits per heavy atom. The Labute approximate surface area is 250 Å². The van der Waals surface area contributed by atoms with E-state index in [9.17, 15) is 4.79 Å². The Morgan fingerprint density at radius 1 is 1.14 bits per heavy atom. The molecule has 0 N–H and O–H groups in total. The Kier molecular flexibility index (Phi) is 6.05. The van der Waals surface area contributed by atoms with Gasteiger partial charge in [0.1, 0.15) is 28.9 Å². The van der Waals surface area contributed by atoms with Gasteiger partial charge >= 0.3 is 6.09 Å². The van der Waals surface area contributed by atoms with Gasteiger partial charge in [-0.1, -0.05) is 11.6 Å². The SMILES string of the molecule is C[C@@H]1Oc2c(Cl)c(-c3c(F)ccc4cnn(C)c34)c(F)c3nc(Cl)nc(c23)N2C[C@H]3CC[C@@H]([C@@H]12)N3C(=O)OC(C)(C)C. The van der Waals surface area contributed by atoms with Crippen molar-refractivity contribution in [1.29, 1.82) is 0 Å². The second kappa shape index (κ2) is 9.28. The van der Waals surface area contributed by atoms with Gasteiger partial charge in [-0.3, -0.25) is 9.58 Å². The van der Waals surface area contributed by atoms with Crippen LogP contribution in [0.25, 0.3) is 32.9 Å². The summed E-state index contributed by atoms with van der Waals surface area (Å²) in [4.78, 5) is 26.0. The number of anilines is 1. The van der Waals surface area contributed by atoms with Crippen LogP contribution in [-0.2, 0) is 11.8 Å². The molecule has 0 saturated carbocycles. The van der Waals surface area contributed by atoms with Gasteiger partial charge in [-0.25, -0.2) is 18.6 Å². The molecule has 0 aliphatic carbocycles. The van der Waals surface area contributed by atoms with E-state index in [0.29, 0.717) is 23.3 Å². The largest absolute Gasteiger partial charge is 0.486 e. The number of amides is 1. The maximum absolute atomic E-state index is 16.6. The minimum atomic E-state index is -0.845. The van der Waals surface area contributed by atoms with Crippen molar-refractivity contribution in [2.45, 2.75) is 70.4 Å². The molecule has 0 unspecified atom stereocenters. The highest BCUT2D eigenvalue weighted by Crippen LogP contribution is 2.52. The number of carbonyl (C=O) groups excluding carboxylic acids is 1. The summed E-state index contributed by atoms with van der Waals surface area (Å²) in [6.07, 6.45) is 2.13. The monoisotopic (exact) mass is 616 g/mol. The highest BCUT2D eigenvalue weighted by atomic mass is 35.5. The summed E-state index contributed by atoms with van der Waals surface area (Å²) in [5.74, 6) is -1.03. The van der Waals surface area contributed by atoms with Gasteiger partial charge in [0.15, 0.2) is 11.6 Å². The lowest BCUT2D eigenvalue weighted by Crippen LogP contribution is -2.65. The number of aromatic nitrogens is 4. The predicted molar refractivity (Wildman–Crippen MR) is 155 cm³/mol. The summed E-state index contributed by atoms with van der Waals surface area (Å²) in [6.45, 7) is 7.77. The zero-order chi connectivity index (χ0) is 29.8. The van der Waals surface area contributed by atoms with Gasteiger partial charge in [0.2, 0.25) is 5.28 Å². The van der Waals surface area contributed by atoms with E-state index >= 15 is 8.78 Å². The summed E-state index contributed by atoms with van der Waals surface area (Å²) >= 11 is 13.4. The lowest BCUT2D eigenvalue weighted by Gasteiger charge is -2.48. The van der Waals surface area contributed by atoms with Crippen LogP contribution in [0.15, 0.2) is 18.3 Å². The number of ether oxygens (including phenoxy) is 2. The molecule has 0 radical (unpaired) electrons. The van der Waals surface area contributed by atoms with E-state index in [1.807, 2.05) is 32.6 Å². The Bertz CT molecular complexity index is 1810. The van der Waals surface area contributed by atoms with Crippen molar-refractivity contribution in [2.24, 2.45) is 7.05 Å². The quantitative estimate of drug-likeness (QED) is 0.225. The predicted octanol–water partition coefficient (Wildman–Crippen LogP) is 6.51. The summed E-state index contributed by atoms with van der Waals surface area (Å²) < 4.78 is 45.9. The first-order valence-corrected chi connectivity index (χ1v) is 14.5. The van der Waals surface area contributed by atoms with E-state index in [1.54, 1.807) is 24.2 Å². The number of fused-ring (bicyclic) bond motifs is 6. The van der Waals surface area contributed by atoms with Crippen LogP contribution in [0.3, 0.4) is 0 Å². The standard InChI is InChI=1S/C29H28Cl2F2N6O3/c1-12-23-16-9-7-14(39(16)28(40)42-29(2,3)4)11-38(23)26-19-22(35-27(31)36-26)21(33)18(20(30)25(19)41-12)17-15(32)8-6-13-10-34-37(5)24(13)17/h6,8,10,12,14,16,23H,7,9,11H2,1-5H3/t12-,14+,16-,23+/m0/s1. The molecule has 13 heteroatoms. The molecule has 42 heavy (non-hydrogen) atoms. The van der Waals surface area contributed by atoms with Crippen molar-refractivity contribution in [2.75, 3.05) is 11.4 Å². The molecule has 2 aromatic heterocycles. The smallest absolute Gasteiger partial charge is 0.410 e. The molecule has 1 amide bonds. The number of hydrogen-bond acceptors (Lipinski definition) is 7. The molecule has 2 bridgehead atoms. The number of halogens is 4. The topological polar surface area (TPSA) is 85.6 Å². The summed E-state index contributed by atoms with van der Waals surface area (Å²) in [7, 11) is 1.65. The number of nitrogens with zero attached hydrogens (tertiary/aromatic N) is 6. The summed E-state index contributed by atoms with van der Waals surface area (Å²) in [5, 5.41) is 4.80. The molecule has 9 nitrogen and oxygen atoms in total. The van der Waals surface area contributed by atoms with Gasteiger partial charge in [-0.15, -0.1) is 0 Å². The maximum atomic E-state index is 16.6. The van der Waals surface area contributed by atoms with Gasteiger partial charge < -0.3 is 14.4 Å². The van der Waals surface area contributed by atoms with Crippen LogP contribution in [0.4, 0.5) is 19.4 Å². The lowest BCUT2D eigenvalue weighted by molar-refractivity contribution is 0.00116. The molecule has 3 aliphatic rings. The van der Waals surface area contributed by atoms with Crippen LogP contribution in [0.1, 0.15) is 40.5 Å². The zero-order valence-electron chi connectivity index (χ0n) is 23.6. The fourth-order valence-corrected chi connectivity index (χ4v) is 7.36. The van der Waals surface area contributed by atoms with E-state index in [-0.39, 0.29) is 62.3 Å². The van der Waals surface area contributed by atoms with Gasteiger partial charge in [0, 0.05) is 30.1 Å². The van der Waals surface area contributed by atoms with Crippen molar-refractivity contribution in [1.82, 2.24) is 24.6 Å². The molecule has 2 fully saturated rings. The number of rotatable bonds is 1. The number of carbonyl (C=O) groups is 1. The fraction of sp³-hybridized carbons (Fsp3) is 0.448. The van der Waals surface area contributed by atoms with Crippen LogP contribution in [0.2, 0.25) is 10.3 Å². The highest BCUT2D eigenvalue weighted by molar-refractivity contribution is 6.37. The molecule has 7 rings (SSSR count). The molecule has 4 aromatic rings. The van der Waals surface area contributed by atoms with Crippen LogP contribution in [0, 0.1) is 11.6 Å². The average molecular weight is 617 g/mol. The third-order valence-corrected chi connectivity index (χ3v) is 8.94. The summed E-state index contributed by atoms with van der Waals surface area (Å²) in [5.41, 5.74) is -0.678. The first-order valence-electron chi connectivity index (χ1n) is 13.8. The second-order valence-corrected chi connectivity index (χ2v) is 12.9. The third-order valence-electron chi connectivity index (χ3n) is 8.41. The second-order valence-electron chi connectivity index (χ2n) is 12.2. The lowest BCUT2D eigenvalue weighted by atomic mass is 9.97. The minimum Gasteiger partial charge on any atom is -0.486 e. The van der Waals surface area contributed by atoms with Gasteiger partial charge in [-0.05, 0) is 64.3 Å². The number of hydrogen-bond donors (Lipinski definition) is 0. The Balaban J connectivity index is 1.44. The maximum Gasteiger partial charge on any atom is 0.410 e. The highest BCUT2D eigenvalue weighted by Gasteiger charge is 2.54. The molecule has 2 aromatic carbocycles. The molecular formula is C29H28Cl2F2N6O3. The number of aryl methyl sites for hydroxylation is 1. The minimum absolute atomic E-state index is 0.0576. The van der Waals surface area contributed by atoms with E-state index in [0.717, 1.165) is 12.8 Å². The van der Waals surface area contributed by atoms with E-state index in [2.05, 4.69) is 15.1 Å². The molecule has 5 heterocycles. The van der Waals surface area contributed by atoms with Crippen LogP contribution in [-0.4, -0.2) is 67.1 Å². The molecule has 2 saturated heterocycles. The van der Waals surface area contributed by atoms with E-state index in [1.165, 1.54) is 10.7 Å². The van der Waals surface area contributed by atoms with E-state index < -0.39 is 23.3 Å². The zero-order valence-corrected chi connectivity index (χ0v) is 25.1. The molecule has 0 spiro atoms. The van der Waals surface area contributed by atoms with Crippen molar-refractivity contribution in [3.05, 3.63) is 40.3 Å².